The van der Waals surface area contributed by atoms with E-state index in [1.807, 2.05) is 18.2 Å². The number of nitrogen functional groups attached to an aromatic ring is 1. The molecule has 0 spiro atoms. The highest BCUT2D eigenvalue weighted by Gasteiger charge is 2.14. The smallest absolute Gasteiger partial charge is 0.169 e. The van der Waals surface area contributed by atoms with Gasteiger partial charge in [-0.25, -0.2) is 0 Å². The molecule has 0 saturated heterocycles. The molecule has 2 aromatic rings. The zero-order valence-corrected chi connectivity index (χ0v) is 11.3. The largest absolute Gasteiger partial charge is 0.495 e. The number of nitrogens with two attached hydrogens (primary N) is 1. The van der Waals surface area contributed by atoms with E-state index in [0.29, 0.717) is 22.0 Å². The number of Topliss-reactive ketones (excluding diaryl/α,β-unsaturated/α-hetero) is 1. The highest BCUT2D eigenvalue weighted by Crippen LogP contribution is 2.26. The number of methoxy groups -OCH3 is 1. The highest BCUT2D eigenvalue weighted by atomic mass is 35.5. The summed E-state index contributed by atoms with van der Waals surface area (Å²) in [4.78, 5) is 12.3. The van der Waals surface area contributed by atoms with Crippen molar-refractivity contribution in [2.45, 2.75) is 6.42 Å². The lowest BCUT2D eigenvalue weighted by atomic mass is 10.0. The summed E-state index contributed by atoms with van der Waals surface area (Å²) in [5.41, 5.74) is 7.52. The maximum atomic E-state index is 12.3. The number of carbonyl (C=O) groups is 1. The molecule has 0 bridgehead atoms. The van der Waals surface area contributed by atoms with Crippen LogP contribution in [0, 0.1) is 0 Å². The van der Waals surface area contributed by atoms with Crippen molar-refractivity contribution in [1.29, 1.82) is 0 Å². The number of para-hydroxylation sites is 1. The molecular weight excluding hydrogens is 262 g/mol. The van der Waals surface area contributed by atoms with Gasteiger partial charge in [0.05, 0.1) is 12.8 Å². The average molecular weight is 276 g/mol. The quantitative estimate of drug-likeness (QED) is 0.688. The summed E-state index contributed by atoms with van der Waals surface area (Å²) in [6, 6.07) is 12.4. The summed E-state index contributed by atoms with van der Waals surface area (Å²) in [5, 5.41) is 0.581. The second kappa shape index (κ2) is 5.76. The molecule has 0 aliphatic carbocycles. The van der Waals surface area contributed by atoms with Crippen molar-refractivity contribution in [2.75, 3.05) is 12.8 Å². The first-order valence-electron chi connectivity index (χ1n) is 5.82. The van der Waals surface area contributed by atoms with Gasteiger partial charge in [-0.1, -0.05) is 35.9 Å². The third-order valence-corrected chi connectivity index (χ3v) is 3.26. The molecule has 3 nitrogen and oxygen atoms in total. The van der Waals surface area contributed by atoms with Gasteiger partial charge in [-0.2, -0.15) is 0 Å². The number of carbonyl (C=O) groups excluding carboxylic acids is 1. The lowest BCUT2D eigenvalue weighted by Gasteiger charge is -2.09. The molecule has 0 aromatic heterocycles. The Bertz CT molecular complexity index is 611. The fraction of sp³-hybridized carbons (Fsp3) is 0.133. The molecule has 4 heteroatoms. The van der Waals surface area contributed by atoms with E-state index in [1.54, 1.807) is 24.3 Å². The Morgan fingerprint density at radius 1 is 1.21 bits per heavy atom. The van der Waals surface area contributed by atoms with Crippen LogP contribution in [0.5, 0.6) is 5.75 Å². The third-order valence-electron chi connectivity index (χ3n) is 2.90. The predicted molar refractivity (Wildman–Crippen MR) is 76.9 cm³/mol. The Balaban J connectivity index is 2.28. The summed E-state index contributed by atoms with van der Waals surface area (Å²) >= 11 is 6.05. The molecule has 0 aliphatic heterocycles. The molecule has 98 valence electrons. The summed E-state index contributed by atoms with van der Waals surface area (Å²) in [6.45, 7) is 0. The van der Waals surface area contributed by atoms with Crippen molar-refractivity contribution in [2.24, 2.45) is 0 Å². The number of ether oxygens (including phenoxy) is 1. The monoisotopic (exact) mass is 275 g/mol. The lowest BCUT2D eigenvalue weighted by molar-refractivity contribution is 0.0993. The minimum absolute atomic E-state index is 0.0792. The van der Waals surface area contributed by atoms with Gasteiger partial charge in [0.2, 0.25) is 0 Å². The molecule has 19 heavy (non-hydrogen) atoms. The summed E-state index contributed by atoms with van der Waals surface area (Å²) in [5.74, 6) is 0.425. The summed E-state index contributed by atoms with van der Waals surface area (Å²) < 4.78 is 5.11. The van der Waals surface area contributed by atoms with E-state index in [4.69, 9.17) is 22.1 Å². The van der Waals surface area contributed by atoms with Crippen LogP contribution in [0.4, 0.5) is 5.69 Å². The minimum Gasteiger partial charge on any atom is -0.495 e. The summed E-state index contributed by atoms with van der Waals surface area (Å²) in [6.07, 6.45) is 0.219. The first-order valence-corrected chi connectivity index (χ1v) is 6.20. The average Bonchev–Trinajstić information content (AvgIpc) is 2.41. The fourth-order valence-corrected chi connectivity index (χ4v) is 2.08. The van der Waals surface area contributed by atoms with Crippen molar-refractivity contribution in [1.82, 2.24) is 0 Å². The van der Waals surface area contributed by atoms with E-state index in [1.165, 1.54) is 7.11 Å². The van der Waals surface area contributed by atoms with Gasteiger partial charge in [-0.3, -0.25) is 4.79 Å². The maximum absolute atomic E-state index is 12.3. The zero-order valence-electron chi connectivity index (χ0n) is 10.5. The predicted octanol–water partition coefficient (Wildman–Crippen LogP) is 3.36. The van der Waals surface area contributed by atoms with Crippen LogP contribution in [0.2, 0.25) is 5.02 Å². The lowest BCUT2D eigenvalue weighted by Crippen LogP contribution is -2.08. The topological polar surface area (TPSA) is 52.3 Å². The zero-order chi connectivity index (χ0) is 13.8. The molecule has 0 saturated carbocycles. The Morgan fingerprint density at radius 2 is 1.95 bits per heavy atom. The van der Waals surface area contributed by atoms with Gasteiger partial charge in [-0.05, 0) is 23.8 Å². The van der Waals surface area contributed by atoms with Gasteiger partial charge >= 0.3 is 0 Å². The highest BCUT2D eigenvalue weighted by molar-refractivity contribution is 6.31. The van der Waals surface area contributed by atoms with Gasteiger partial charge in [-0.15, -0.1) is 0 Å². The minimum atomic E-state index is -0.0792. The molecule has 0 radical (unpaired) electrons. The molecule has 0 amide bonds. The third kappa shape index (κ3) is 2.88. The number of benzene rings is 2. The number of hydrogen-bond donors (Lipinski definition) is 1. The van der Waals surface area contributed by atoms with Gasteiger partial charge in [0, 0.05) is 17.0 Å². The number of halogens is 1. The van der Waals surface area contributed by atoms with E-state index < -0.39 is 0 Å². The van der Waals surface area contributed by atoms with E-state index in [-0.39, 0.29) is 12.2 Å². The molecular formula is C15H14ClNO2. The Kier molecular flexibility index (Phi) is 4.07. The second-order valence-corrected chi connectivity index (χ2v) is 4.52. The van der Waals surface area contributed by atoms with Crippen molar-refractivity contribution in [3.8, 4) is 5.75 Å². The van der Waals surface area contributed by atoms with Crippen molar-refractivity contribution in [3.63, 3.8) is 0 Å². The van der Waals surface area contributed by atoms with Crippen molar-refractivity contribution in [3.05, 3.63) is 58.6 Å². The van der Waals surface area contributed by atoms with E-state index in [9.17, 15) is 4.79 Å². The van der Waals surface area contributed by atoms with Gasteiger partial charge < -0.3 is 10.5 Å². The number of rotatable bonds is 4. The van der Waals surface area contributed by atoms with Gasteiger partial charge in [0.15, 0.2) is 5.78 Å². The van der Waals surface area contributed by atoms with Crippen LogP contribution in [0.15, 0.2) is 42.5 Å². The number of anilines is 1. The molecule has 2 rings (SSSR count). The van der Waals surface area contributed by atoms with Crippen LogP contribution < -0.4 is 10.5 Å². The molecule has 0 unspecified atom stereocenters. The normalized spacial score (nSPS) is 10.2. The molecule has 0 atom stereocenters. The molecule has 0 aliphatic rings. The Labute approximate surface area is 117 Å². The first-order chi connectivity index (χ1) is 9.13. The Morgan fingerprint density at radius 3 is 2.63 bits per heavy atom. The maximum Gasteiger partial charge on any atom is 0.169 e. The van der Waals surface area contributed by atoms with Crippen LogP contribution in [-0.4, -0.2) is 12.9 Å². The van der Waals surface area contributed by atoms with Crippen LogP contribution in [0.25, 0.3) is 0 Å². The van der Waals surface area contributed by atoms with Crippen molar-refractivity contribution >= 4 is 23.1 Å². The van der Waals surface area contributed by atoms with Crippen LogP contribution >= 0.6 is 11.6 Å². The van der Waals surface area contributed by atoms with E-state index in [2.05, 4.69) is 0 Å². The fourth-order valence-electron chi connectivity index (χ4n) is 1.88. The van der Waals surface area contributed by atoms with Gasteiger partial charge in [0.1, 0.15) is 5.75 Å². The number of ketones is 1. The van der Waals surface area contributed by atoms with Gasteiger partial charge in [0.25, 0.3) is 0 Å². The molecule has 0 fully saturated rings. The molecule has 0 heterocycles. The second-order valence-electron chi connectivity index (χ2n) is 4.11. The first kappa shape index (κ1) is 13.4. The SMILES string of the molecule is COc1cccc(C(=O)Cc2ccccc2Cl)c1N. The molecule has 2 N–H and O–H groups in total. The number of hydrogen-bond acceptors (Lipinski definition) is 3. The van der Waals surface area contributed by atoms with E-state index >= 15 is 0 Å². The van der Waals surface area contributed by atoms with Crippen LogP contribution in [0.1, 0.15) is 15.9 Å². The van der Waals surface area contributed by atoms with Crippen LogP contribution in [-0.2, 0) is 6.42 Å². The summed E-state index contributed by atoms with van der Waals surface area (Å²) in [7, 11) is 1.52. The standard InChI is InChI=1S/C15H14ClNO2/c1-19-14-8-4-6-11(15(14)17)13(18)9-10-5-2-3-7-12(10)16/h2-8H,9,17H2,1H3. The van der Waals surface area contributed by atoms with E-state index in [0.717, 1.165) is 5.56 Å². The molecule has 2 aromatic carbocycles. The van der Waals surface area contributed by atoms with Crippen molar-refractivity contribution < 1.29 is 9.53 Å². The Hall–Kier alpha value is -2.00. The van der Waals surface area contributed by atoms with Crippen LogP contribution in [0.3, 0.4) is 0 Å².